The first-order chi connectivity index (χ1) is 7.66. The van der Waals surface area contributed by atoms with Gasteiger partial charge in [0.05, 0.1) is 12.2 Å². The quantitative estimate of drug-likeness (QED) is 0.407. The van der Waals surface area contributed by atoms with Crippen LogP contribution in [0.4, 0.5) is 0 Å². The Morgan fingerprint density at radius 3 is 1.06 bits per heavy atom. The molecule has 0 aliphatic rings. The van der Waals surface area contributed by atoms with Crippen LogP contribution in [0.3, 0.4) is 0 Å². The Kier molecular flexibility index (Phi) is 29.0. The molecule has 0 fully saturated rings. The van der Waals surface area contributed by atoms with Crippen LogP contribution in [-0.4, -0.2) is 32.0 Å². The van der Waals surface area contributed by atoms with Crippen LogP contribution in [0, 0.1) is 12.8 Å². The fourth-order valence-corrected chi connectivity index (χ4v) is 3.69. The molecule has 0 aliphatic carbocycles. The summed E-state index contributed by atoms with van der Waals surface area (Å²) in [6, 6.07) is 0. The standard InChI is InChI=1S/C6H15O2PS2.2C3H7.Ga/c1-5(2)7-9(10,11)8-6(3)4;2*1-3-2;/h5-6H,1-4H3,(H,10,11);2*3H,1-2H3;/p-1. The van der Waals surface area contributed by atoms with Crippen molar-refractivity contribution in [3.05, 3.63) is 12.8 Å². The van der Waals surface area contributed by atoms with Gasteiger partial charge < -0.3 is 24.5 Å². The van der Waals surface area contributed by atoms with Crippen LogP contribution in [0.1, 0.15) is 55.4 Å². The van der Waals surface area contributed by atoms with Crippen molar-refractivity contribution >= 4 is 50.4 Å². The summed E-state index contributed by atoms with van der Waals surface area (Å²) in [6.45, 7) is 15.6. The summed E-state index contributed by atoms with van der Waals surface area (Å²) >= 11 is 9.95. The third-order valence-corrected chi connectivity index (χ3v) is 3.07. The van der Waals surface area contributed by atoms with Crippen molar-refractivity contribution in [1.82, 2.24) is 0 Å². The van der Waals surface area contributed by atoms with Gasteiger partial charge in [0.15, 0.2) is 0 Å². The van der Waals surface area contributed by atoms with Crippen molar-refractivity contribution in [3.8, 4) is 0 Å². The molecule has 0 N–H and O–H groups in total. The maximum absolute atomic E-state index is 5.27. The average molecular weight is 369 g/mol. The van der Waals surface area contributed by atoms with Crippen molar-refractivity contribution < 1.29 is 9.05 Å². The molecular weight excluding hydrogens is 341 g/mol. The Hall–Kier alpha value is 1.69. The van der Waals surface area contributed by atoms with Gasteiger partial charge in [-0.3, -0.25) is 0 Å². The zero-order valence-electron chi connectivity index (χ0n) is 13.0. The van der Waals surface area contributed by atoms with E-state index in [1.807, 2.05) is 68.2 Å². The van der Waals surface area contributed by atoms with E-state index in [1.165, 1.54) is 0 Å². The van der Waals surface area contributed by atoms with Crippen LogP contribution in [-0.2, 0) is 33.5 Å². The molecule has 109 valence electrons. The molecule has 0 rings (SSSR count). The van der Waals surface area contributed by atoms with E-state index in [9.17, 15) is 0 Å². The Morgan fingerprint density at radius 1 is 0.778 bits per heavy atom. The molecule has 6 heteroatoms. The first kappa shape index (κ1) is 27.9. The third-order valence-electron chi connectivity index (χ3n) is 0.680. The molecule has 0 amide bonds. The predicted molar refractivity (Wildman–Crippen MR) is 91.1 cm³/mol. The predicted octanol–water partition coefficient (Wildman–Crippen LogP) is 4.69. The molecule has 0 unspecified atom stereocenters. The molecule has 0 heterocycles. The molecular formula is C12H28GaO2PS2-. The van der Waals surface area contributed by atoms with Crippen LogP contribution in [0.15, 0.2) is 0 Å². The zero-order chi connectivity index (χ0) is 14.5. The van der Waals surface area contributed by atoms with E-state index in [0.717, 1.165) is 0 Å². The van der Waals surface area contributed by atoms with Crippen molar-refractivity contribution in [2.24, 2.45) is 0 Å². The van der Waals surface area contributed by atoms with E-state index in [1.54, 1.807) is 0 Å². The van der Waals surface area contributed by atoms with E-state index < -0.39 is 6.12 Å². The van der Waals surface area contributed by atoms with Gasteiger partial charge in [-0.25, -0.2) is 9.05 Å². The topological polar surface area (TPSA) is 18.5 Å². The van der Waals surface area contributed by atoms with Crippen molar-refractivity contribution in [1.29, 1.82) is 0 Å². The molecule has 2 nitrogen and oxygen atoms in total. The second kappa shape index (κ2) is 18.7. The Balaban J connectivity index is -0.000000119. The van der Waals surface area contributed by atoms with Gasteiger partial charge in [-0.1, -0.05) is 27.7 Å². The maximum Gasteiger partial charge on any atom is 0.0943 e. The molecule has 0 aromatic carbocycles. The van der Waals surface area contributed by atoms with E-state index >= 15 is 0 Å². The summed E-state index contributed by atoms with van der Waals surface area (Å²) < 4.78 is 10.5. The fourth-order valence-electron chi connectivity index (χ4n) is 0.541. The Bertz CT molecular complexity index is 134. The normalized spacial score (nSPS) is 10.0. The van der Waals surface area contributed by atoms with Crippen molar-refractivity contribution in [2.45, 2.75) is 67.6 Å². The van der Waals surface area contributed by atoms with Crippen LogP contribution in [0.5, 0.6) is 0 Å². The molecule has 0 aromatic heterocycles. The van der Waals surface area contributed by atoms with Crippen LogP contribution in [0.25, 0.3) is 0 Å². The zero-order valence-corrected chi connectivity index (χ0v) is 17.9. The first-order valence-corrected chi connectivity index (χ1v) is 9.47. The summed E-state index contributed by atoms with van der Waals surface area (Å²) in [5.74, 6) is 0. The molecule has 0 aliphatic heterocycles. The second-order valence-corrected chi connectivity index (χ2v) is 8.80. The summed E-state index contributed by atoms with van der Waals surface area (Å²) in [5, 5.41) is 0. The molecule has 0 aromatic rings. The van der Waals surface area contributed by atoms with E-state index in [-0.39, 0.29) is 32.0 Å². The smallest absolute Gasteiger partial charge is 0.0943 e. The molecule has 0 atom stereocenters. The fraction of sp³-hybridized carbons (Fsp3) is 0.833. The molecule has 5 radical (unpaired) electrons. The van der Waals surface area contributed by atoms with Crippen LogP contribution < -0.4 is 0 Å². The van der Waals surface area contributed by atoms with Gasteiger partial charge in [-0.2, -0.15) is 0 Å². The molecule has 0 saturated carbocycles. The van der Waals surface area contributed by atoms with Gasteiger partial charge in [0, 0.05) is 25.9 Å². The summed E-state index contributed by atoms with van der Waals surface area (Å²) in [4.78, 5) is 0. The van der Waals surface area contributed by atoms with Gasteiger partial charge >= 0.3 is 0 Å². The average Bonchev–Trinajstić information content (AvgIpc) is 2.00. The minimum Gasteiger partial charge on any atom is -0.515 e. The minimum absolute atomic E-state index is 0. The van der Waals surface area contributed by atoms with Gasteiger partial charge in [-0.15, -0.1) is 0 Å². The van der Waals surface area contributed by atoms with E-state index in [0.29, 0.717) is 0 Å². The van der Waals surface area contributed by atoms with Gasteiger partial charge in [0.1, 0.15) is 0 Å². The molecule has 0 saturated heterocycles. The number of hydrogen-bond acceptors (Lipinski definition) is 4. The summed E-state index contributed by atoms with van der Waals surface area (Å²) in [5.41, 5.74) is 0. The minimum atomic E-state index is -2.39. The first-order valence-electron chi connectivity index (χ1n) is 5.82. The van der Waals surface area contributed by atoms with E-state index in [4.69, 9.17) is 33.5 Å². The monoisotopic (exact) mass is 368 g/mol. The third kappa shape index (κ3) is 36.1. The second-order valence-electron chi connectivity index (χ2n) is 3.91. The largest absolute Gasteiger partial charge is 0.515 e. The Morgan fingerprint density at radius 2 is 0.944 bits per heavy atom. The molecule has 18 heavy (non-hydrogen) atoms. The van der Waals surface area contributed by atoms with Crippen LogP contribution >= 0.6 is 6.12 Å². The maximum atomic E-state index is 5.27. The van der Waals surface area contributed by atoms with Gasteiger partial charge in [0.2, 0.25) is 0 Å². The van der Waals surface area contributed by atoms with Gasteiger partial charge in [0.25, 0.3) is 0 Å². The van der Waals surface area contributed by atoms with Crippen molar-refractivity contribution in [3.63, 3.8) is 0 Å². The van der Waals surface area contributed by atoms with Gasteiger partial charge in [-0.05, 0) is 40.5 Å². The molecule has 0 bridgehead atoms. The summed E-state index contributed by atoms with van der Waals surface area (Å²) in [7, 11) is 0. The van der Waals surface area contributed by atoms with E-state index in [2.05, 4.69) is 0 Å². The molecule has 0 spiro atoms. The SMILES string of the molecule is CC(C)O[P+]([S-])([S-])OC(C)C.C[CH]C.C[CH]C.[Ga]. The van der Waals surface area contributed by atoms with Crippen molar-refractivity contribution in [2.75, 3.05) is 0 Å². The van der Waals surface area contributed by atoms with Crippen LogP contribution in [0.2, 0.25) is 0 Å². The summed E-state index contributed by atoms with van der Waals surface area (Å²) in [6.07, 6.45) is 1.72. The number of hydrogen-bond donors (Lipinski definition) is 0. The number of rotatable bonds is 4. The Labute approximate surface area is 139 Å².